The zero-order valence-electron chi connectivity index (χ0n) is 13.5. The number of aliphatic carboxylic acids is 1. The van der Waals surface area contributed by atoms with Gasteiger partial charge in [-0.25, -0.2) is 4.98 Å². The van der Waals surface area contributed by atoms with Gasteiger partial charge in [0.25, 0.3) is 5.91 Å². The van der Waals surface area contributed by atoms with Crippen LogP contribution in [0.25, 0.3) is 0 Å². The maximum atomic E-state index is 12.3. The highest BCUT2D eigenvalue weighted by Crippen LogP contribution is 2.26. The second-order valence-electron chi connectivity index (χ2n) is 6.24. The first-order valence-corrected chi connectivity index (χ1v) is 8.94. The summed E-state index contributed by atoms with van der Waals surface area (Å²) in [6.07, 6.45) is 2.86. The standard InChI is InChI=1S/C18H20N2O3S/c1-11-5-7-12(8-6-11)9-16-19-15(10-24-16)17(21)20-14-4-2-3-13(14)18(22)23/h5-8,10,13-14H,2-4,9H2,1H3,(H,20,21)(H,22,23)/t13-,14+/m0/s1. The van der Waals surface area contributed by atoms with Gasteiger partial charge in [-0.2, -0.15) is 0 Å². The Hall–Kier alpha value is -2.21. The molecule has 5 nitrogen and oxygen atoms in total. The Morgan fingerprint density at radius 3 is 2.75 bits per heavy atom. The Morgan fingerprint density at radius 2 is 2.04 bits per heavy atom. The second kappa shape index (κ2) is 7.13. The number of carbonyl (C=O) groups excluding carboxylic acids is 1. The van der Waals surface area contributed by atoms with E-state index in [9.17, 15) is 14.7 Å². The van der Waals surface area contributed by atoms with Crippen LogP contribution < -0.4 is 5.32 Å². The molecule has 0 saturated heterocycles. The summed E-state index contributed by atoms with van der Waals surface area (Å²) in [6, 6.07) is 7.95. The van der Waals surface area contributed by atoms with Gasteiger partial charge in [0.15, 0.2) is 0 Å². The summed E-state index contributed by atoms with van der Waals surface area (Å²) < 4.78 is 0. The van der Waals surface area contributed by atoms with Crippen LogP contribution in [0, 0.1) is 12.8 Å². The van der Waals surface area contributed by atoms with Crippen LogP contribution in [0.5, 0.6) is 0 Å². The fourth-order valence-corrected chi connectivity index (χ4v) is 3.86. The van der Waals surface area contributed by atoms with Gasteiger partial charge >= 0.3 is 5.97 Å². The number of aromatic nitrogens is 1. The zero-order chi connectivity index (χ0) is 17.1. The van der Waals surface area contributed by atoms with Crippen LogP contribution in [-0.4, -0.2) is 28.0 Å². The first kappa shape index (κ1) is 16.6. The fraction of sp³-hybridized carbons (Fsp3) is 0.389. The minimum Gasteiger partial charge on any atom is -0.481 e. The predicted molar refractivity (Wildman–Crippen MR) is 92.3 cm³/mol. The summed E-state index contributed by atoms with van der Waals surface area (Å²) in [4.78, 5) is 27.9. The van der Waals surface area contributed by atoms with Crippen molar-refractivity contribution < 1.29 is 14.7 Å². The molecule has 2 aromatic rings. The number of nitrogens with one attached hydrogen (secondary N) is 1. The van der Waals surface area contributed by atoms with Crippen molar-refractivity contribution >= 4 is 23.2 Å². The average Bonchev–Trinajstić information content (AvgIpc) is 3.19. The van der Waals surface area contributed by atoms with Gasteiger partial charge in [-0.1, -0.05) is 36.2 Å². The van der Waals surface area contributed by atoms with E-state index >= 15 is 0 Å². The molecule has 0 radical (unpaired) electrons. The summed E-state index contributed by atoms with van der Waals surface area (Å²) in [7, 11) is 0. The highest BCUT2D eigenvalue weighted by molar-refractivity contribution is 7.09. The maximum absolute atomic E-state index is 12.3. The van der Waals surface area contributed by atoms with Crippen LogP contribution in [-0.2, 0) is 11.2 Å². The van der Waals surface area contributed by atoms with E-state index in [1.807, 2.05) is 6.92 Å². The molecule has 1 heterocycles. The van der Waals surface area contributed by atoms with E-state index < -0.39 is 11.9 Å². The van der Waals surface area contributed by atoms with E-state index in [1.54, 1.807) is 5.38 Å². The molecule has 1 fully saturated rings. The Bertz CT molecular complexity index is 739. The van der Waals surface area contributed by atoms with Crippen molar-refractivity contribution in [3.8, 4) is 0 Å². The minimum atomic E-state index is -0.837. The molecule has 1 aromatic heterocycles. The number of amides is 1. The minimum absolute atomic E-state index is 0.278. The first-order valence-electron chi connectivity index (χ1n) is 8.06. The topological polar surface area (TPSA) is 79.3 Å². The molecule has 0 bridgehead atoms. The molecule has 1 saturated carbocycles. The molecule has 1 amide bonds. The van der Waals surface area contributed by atoms with Crippen molar-refractivity contribution in [2.24, 2.45) is 5.92 Å². The summed E-state index contributed by atoms with van der Waals surface area (Å²) >= 11 is 1.45. The van der Waals surface area contributed by atoms with E-state index in [4.69, 9.17) is 0 Å². The van der Waals surface area contributed by atoms with Crippen LogP contribution in [0.4, 0.5) is 0 Å². The lowest BCUT2D eigenvalue weighted by atomic mass is 10.0. The summed E-state index contributed by atoms with van der Waals surface area (Å²) in [5.74, 6) is -1.60. The van der Waals surface area contributed by atoms with Crippen molar-refractivity contribution in [1.82, 2.24) is 10.3 Å². The Kier molecular flexibility index (Phi) is 4.94. The molecule has 126 valence electrons. The van der Waals surface area contributed by atoms with E-state index in [0.29, 0.717) is 25.0 Å². The molecule has 0 aliphatic heterocycles. The van der Waals surface area contributed by atoms with Crippen molar-refractivity contribution in [2.45, 2.75) is 38.6 Å². The number of thiazole rings is 1. The maximum Gasteiger partial charge on any atom is 0.308 e. The number of rotatable bonds is 5. The third-order valence-corrected chi connectivity index (χ3v) is 5.26. The summed E-state index contributed by atoms with van der Waals surface area (Å²) in [6.45, 7) is 2.04. The number of carboxylic acid groups (broad SMARTS) is 1. The SMILES string of the molecule is Cc1ccc(Cc2nc(C(=O)N[C@@H]3CCC[C@@H]3C(=O)O)cs2)cc1. The lowest BCUT2D eigenvalue weighted by Gasteiger charge is -2.16. The van der Waals surface area contributed by atoms with E-state index in [2.05, 4.69) is 34.6 Å². The van der Waals surface area contributed by atoms with Gasteiger partial charge in [0.2, 0.25) is 0 Å². The van der Waals surface area contributed by atoms with Gasteiger partial charge in [-0.15, -0.1) is 11.3 Å². The van der Waals surface area contributed by atoms with Crippen molar-refractivity contribution in [3.05, 3.63) is 51.5 Å². The lowest BCUT2D eigenvalue weighted by molar-refractivity contribution is -0.142. The van der Waals surface area contributed by atoms with E-state index in [0.717, 1.165) is 17.0 Å². The zero-order valence-corrected chi connectivity index (χ0v) is 14.3. The molecular weight excluding hydrogens is 324 g/mol. The second-order valence-corrected chi connectivity index (χ2v) is 7.19. The molecule has 3 rings (SSSR count). The van der Waals surface area contributed by atoms with E-state index in [-0.39, 0.29) is 11.9 Å². The number of nitrogens with zero attached hydrogens (tertiary/aromatic N) is 1. The molecule has 1 aliphatic carbocycles. The number of benzene rings is 1. The molecule has 1 aromatic carbocycles. The van der Waals surface area contributed by atoms with Gasteiger partial charge in [-0.3, -0.25) is 9.59 Å². The first-order chi connectivity index (χ1) is 11.5. The van der Waals surface area contributed by atoms with Crippen LogP contribution >= 0.6 is 11.3 Å². The molecule has 6 heteroatoms. The van der Waals surface area contributed by atoms with Crippen molar-refractivity contribution in [1.29, 1.82) is 0 Å². The molecule has 2 atom stereocenters. The molecule has 0 spiro atoms. The van der Waals surface area contributed by atoms with Crippen LogP contribution in [0.15, 0.2) is 29.6 Å². The van der Waals surface area contributed by atoms with E-state index in [1.165, 1.54) is 16.9 Å². The Balaban J connectivity index is 1.63. The number of hydrogen-bond acceptors (Lipinski definition) is 4. The normalized spacial score (nSPS) is 20.0. The number of aryl methyl sites for hydroxylation is 1. The third-order valence-electron chi connectivity index (χ3n) is 4.41. The number of hydrogen-bond donors (Lipinski definition) is 2. The highest BCUT2D eigenvalue weighted by Gasteiger charge is 2.34. The monoisotopic (exact) mass is 344 g/mol. The van der Waals surface area contributed by atoms with Gasteiger partial charge in [0.05, 0.1) is 10.9 Å². The van der Waals surface area contributed by atoms with Gasteiger partial charge in [0.1, 0.15) is 5.69 Å². The van der Waals surface area contributed by atoms with Crippen LogP contribution in [0.2, 0.25) is 0 Å². The smallest absolute Gasteiger partial charge is 0.308 e. The van der Waals surface area contributed by atoms with Crippen LogP contribution in [0.1, 0.15) is 45.9 Å². The average molecular weight is 344 g/mol. The van der Waals surface area contributed by atoms with Gasteiger partial charge in [-0.05, 0) is 25.3 Å². The summed E-state index contributed by atoms with van der Waals surface area (Å²) in [5, 5.41) is 14.6. The van der Waals surface area contributed by atoms with Crippen molar-refractivity contribution in [3.63, 3.8) is 0 Å². The molecule has 1 aliphatic rings. The third kappa shape index (κ3) is 3.82. The van der Waals surface area contributed by atoms with Crippen molar-refractivity contribution in [2.75, 3.05) is 0 Å². The summed E-state index contributed by atoms with van der Waals surface area (Å²) in [5.41, 5.74) is 2.74. The van der Waals surface area contributed by atoms with Crippen LogP contribution in [0.3, 0.4) is 0 Å². The fourth-order valence-electron chi connectivity index (χ4n) is 3.05. The van der Waals surface area contributed by atoms with Gasteiger partial charge < -0.3 is 10.4 Å². The molecule has 0 unspecified atom stereocenters. The lowest BCUT2D eigenvalue weighted by Crippen LogP contribution is -2.40. The highest BCUT2D eigenvalue weighted by atomic mass is 32.1. The largest absolute Gasteiger partial charge is 0.481 e. The van der Waals surface area contributed by atoms with Gasteiger partial charge in [0, 0.05) is 17.8 Å². The Labute approximate surface area is 144 Å². The molecule has 24 heavy (non-hydrogen) atoms. The number of carbonyl (C=O) groups is 2. The molecular formula is C18H20N2O3S. The quantitative estimate of drug-likeness (QED) is 0.874. The number of carboxylic acids is 1. The Morgan fingerprint density at radius 1 is 1.29 bits per heavy atom. The molecule has 2 N–H and O–H groups in total. The predicted octanol–water partition coefficient (Wildman–Crippen LogP) is 3.03.